The molecule has 0 radical (unpaired) electrons. The quantitative estimate of drug-likeness (QED) is 0.386. The van der Waals surface area contributed by atoms with Crippen LogP contribution in [-0.2, 0) is 20.6 Å². The number of nitrogens with one attached hydrogen (secondary N) is 1. The molecular weight excluding hydrogens is 468 g/mol. The minimum atomic E-state index is -3.98. The van der Waals surface area contributed by atoms with E-state index in [2.05, 4.69) is 5.32 Å². The van der Waals surface area contributed by atoms with Crippen LogP contribution in [0.4, 0.5) is 5.69 Å². The standard InChI is InChI=1S/C23H25ClN2O4S2/c1-18-9-11-20(12-10-18)32(28,29)26(22-8-3-2-7-21(22)24)16-23(27)25-13-5-15-31-17-19-6-4-14-30-19/h2-4,6-12,14H,5,13,15-17H2,1H3,(H,25,27). The molecule has 0 saturated carbocycles. The number of furan rings is 1. The molecule has 0 aliphatic heterocycles. The summed E-state index contributed by atoms with van der Waals surface area (Å²) in [4.78, 5) is 12.7. The maximum Gasteiger partial charge on any atom is 0.264 e. The normalized spacial score (nSPS) is 11.3. The highest BCUT2D eigenvalue weighted by Gasteiger charge is 2.28. The highest BCUT2D eigenvalue weighted by molar-refractivity contribution is 7.98. The van der Waals surface area contributed by atoms with Gasteiger partial charge in [-0.05, 0) is 55.5 Å². The van der Waals surface area contributed by atoms with Crippen molar-refractivity contribution in [1.82, 2.24) is 5.32 Å². The second-order valence-electron chi connectivity index (χ2n) is 7.11. The molecule has 6 nitrogen and oxygen atoms in total. The van der Waals surface area contributed by atoms with Gasteiger partial charge in [0.1, 0.15) is 12.3 Å². The topological polar surface area (TPSA) is 79.6 Å². The molecular formula is C23H25ClN2O4S2. The third kappa shape index (κ3) is 6.54. The van der Waals surface area contributed by atoms with E-state index in [1.54, 1.807) is 54.4 Å². The Morgan fingerprint density at radius 1 is 1.09 bits per heavy atom. The van der Waals surface area contributed by atoms with Gasteiger partial charge < -0.3 is 9.73 Å². The lowest BCUT2D eigenvalue weighted by atomic mass is 10.2. The Bertz CT molecular complexity index is 1120. The van der Waals surface area contributed by atoms with Gasteiger partial charge in [0.2, 0.25) is 5.91 Å². The highest BCUT2D eigenvalue weighted by Crippen LogP contribution is 2.30. The molecule has 1 amide bonds. The summed E-state index contributed by atoms with van der Waals surface area (Å²) < 4.78 is 33.0. The number of carbonyl (C=O) groups is 1. The summed E-state index contributed by atoms with van der Waals surface area (Å²) in [6.45, 7) is 1.97. The molecule has 2 aromatic carbocycles. The van der Waals surface area contributed by atoms with Crippen molar-refractivity contribution in [3.05, 3.63) is 83.3 Å². The highest BCUT2D eigenvalue weighted by atomic mass is 35.5. The fraction of sp³-hybridized carbons (Fsp3) is 0.261. The molecule has 170 valence electrons. The zero-order valence-corrected chi connectivity index (χ0v) is 20.0. The van der Waals surface area contributed by atoms with Gasteiger partial charge in [-0.1, -0.05) is 41.4 Å². The minimum Gasteiger partial charge on any atom is -0.468 e. The Labute approximate surface area is 198 Å². The van der Waals surface area contributed by atoms with Crippen molar-refractivity contribution < 1.29 is 17.6 Å². The smallest absolute Gasteiger partial charge is 0.264 e. The Hall–Kier alpha value is -2.42. The van der Waals surface area contributed by atoms with E-state index in [0.717, 1.165) is 33.6 Å². The van der Waals surface area contributed by atoms with Crippen LogP contribution in [0.1, 0.15) is 17.7 Å². The van der Waals surface area contributed by atoms with Gasteiger partial charge in [0.25, 0.3) is 10.0 Å². The summed E-state index contributed by atoms with van der Waals surface area (Å²) >= 11 is 7.99. The third-order valence-electron chi connectivity index (χ3n) is 4.63. The van der Waals surface area contributed by atoms with Crippen LogP contribution in [0.3, 0.4) is 0 Å². The molecule has 0 atom stereocenters. The van der Waals surface area contributed by atoms with Crippen LogP contribution in [0.2, 0.25) is 5.02 Å². The predicted octanol–water partition coefficient (Wildman–Crippen LogP) is 4.88. The van der Waals surface area contributed by atoms with Gasteiger partial charge in [-0.15, -0.1) is 0 Å². The molecule has 9 heteroatoms. The van der Waals surface area contributed by atoms with Crippen LogP contribution in [0.15, 0.2) is 76.2 Å². The van der Waals surface area contributed by atoms with Gasteiger partial charge in [-0.3, -0.25) is 9.10 Å². The first-order chi connectivity index (χ1) is 15.4. The Morgan fingerprint density at radius 2 is 1.84 bits per heavy atom. The van der Waals surface area contributed by atoms with Crippen molar-refractivity contribution in [3.63, 3.8) is 0 Å². The molecule has 3 rings (SSSR count). The van der Waals surface area contributed by atoms with Crippen LogP contribution in [0.25, 0.3) is 0 Å². The Balaban J connectivity index is 1.63. The Morgan fingerprint density at radius 3 is 2.53 bits per heavy atom. The second kappa shape index (κ2) is 11.4. The summed E-state index contributed by atoms with van der Waals surface area (Å²) in [6, 6.07) is 16.9. The van der Waals surface area contributed by atoms with Crippen LogP contribution in [0, 0.1) is 6.92 Å². The molecule has 0 fully saturated rings. The number of benzene rings is 2. The number of halogens is 1. The van der Waals surface area contributed by atoms with Crippen molar-refractivity contribution in [2.45, 2.75) is 24.0 Å². The number of para-hydroxylation sites is 1. The number of anilines is 1. The van der Waals surface area contributed by atoms with Crippen LogP contribution in [0.5, 0.6) is 0 Å². The lowest BCUT2D eigenvalue weighted by Crippen LogP contribution is -2.41. The second-order valence-corrected chi connectivity index (χ2v) is 10.5. The van der Waals surface area contributed by atoms with Crippen LogP contribution >= 0.6 is 23.4 Å². The van der Waals surface area contributed by atoms with Gasteiger partial charge in [0, 0.05) is 6.54 Å². The largest absolute Gasteiger partial charge is 0.468 e. The SMILES string of the molecule is Cc1ccc(S(=O)(=O)N(CC(=O)NCCCSCc2ccco2)c2ccccc2Cl)cc1. The van der Waals surface area contributed by atoms with Gasteiger partial charge in [-0.2, -0.15) is 11.8 Å². The molecule has 0 aliphatic carbocycles. The fourth-order valence-electron chi connectivity index (χ4n) is 2.95. The molecule has 1 aromatic heterocycles. The molecule has 3 aromatic rings. The van der Waals surface area contributed by atoms with Gasteiger partial charge in [0.15, 0.2) is 0 Å². The summed E-state index contributed by atoms with van der Waals surface area (Å²) in [5.41, 5.74) is 1.20. The molecule has 32 heavy (non-hydrogen) atoms. The predicted molar refractivity (Wildman–Crippen MR) is 130 cm³/mol. The van der Waals surface area contributed by atoms with Gasteiger partial charge in [-0.25, -0.2) is 8.42 Å². The molecule has 0 bridgehead atoms. The fourth-order valence-corrected chi connectivity index (χ4v) is 5.53. The number of rotatable bonds is 11. The molecule has 0 spiro atoms. The number of aryl methyl sites for hydroxylation is 1. The van der Waals surface area contributed by atoms with Gasteiger partial charge in [0.05, 0.1) is 27.6 Å². The van der Waals surface area contributed by atoms with E-state index in [1.807, 2.05) is 19.1 Å². The minimum absolute atomic E-state index is 0.102. The zero-order valence-electron chi connectivity index (χ0n) is 17.7. The first-order valence-electron chi connectivity index (χ1n) is 10.1. The van der Waals surface area contributed by atoms with Gasteiger partial charge >= 0.3 is 0 Å². The van der Waals surface area contributed by atoms with E-state index in [9.17, 15) is 13.2 Å². The van der Waals surface area contributed by atoms with Crippen molar-refractivity contribution in [1.29, 1.82) is 0 Å². The molecule has 0 unspecified atom stereocenters. The first kappa shape index (κ1) is 24.2. The number of sulfonamides is 1. The zero-order chi connectivity index (χ0) is 23.0. The number of amides is 1. The summed E-state index contributed by atoms with van der Waals surface area (Å²) in [5, 5.41) is 3.06. The van der Waals surface area contributed by atoms with E-state index in [-0.39, 0.29) is 22.2 Å². The summed E-state index contributed by atoms with van der Waals surface area (Å²) in [7, 11) is -3.98. The molecule has 1 N–H and O–H groups in total. The van der Waals surface area contributed by atoms with E-state index in [1.165, 1.54) is 12.1 Å². The monoisotopic (exact) mass is 492 g/mol. The van der Waals surface area contributed by atoms with Crippen molar-refractivity contribution in [3.8, 4) is 0 Å². The average molecular weight is 493 g/mol. The lowest BCUT2D eigenvalue weighted by molar-refractivity contribution is -0.119. The van der Waals surface area contributed by atoms with Crippen LogP contribution in [-0.4, -0.2) is 33.2 Å². The average Bonchev–Trinajstić information content (AvgIpc) is 3.29. The number of thioether (sulfide) groups is 1. The summed E-state index contributed by atoms with van der Waals surface area (Å²) in [6.07, 6.45) is 2.40. The molecule has 0 aliphatic rings. The molecule has 0 saturated heterocycles. The number of hydrogen-bond acceptors (Lipinski definition) is 5. The van der Waals surface area contributed by atoms with Crippen molar-refractivity contribution in [2.75, 3.05) is 23.1 Å². The third-order valence-corrected chi connectivity index (χ3v) is 7.79. The molecule has 1 heterocycles. The maximum atomic E-state index is 13.3. The number of nitrogens with zero attached hydrogens (tertiary/aromatic N) is 1. The van der Waals surface area contributed by atoms with E-state index in [4.69, 9.17) is 16.0 Å². The lowest BCUT2D eigenvalue weighted by Gasteiger charge is -2.25. The number of carbonyl (C=O) groups excluding carboxylic acids is 1. The van der Waals surface area contributed by atoms with Crippen LogP contribution < -0.4 is 9.62 Å². The van der Waals surface area contributed by atoms with E-state index in [0.29, 0.717) is 6.54 Å². The van der Waals surface area contributed by atoms with Crippen molar-refractivity contribution in [2.24, 2.45) is 0 Å². The van der Waals surface area contributed by atoms with E-state index >= 15 is 0 Å². The Kier molecular flexibility index (Phi) is 8.67. The first-order valence-corrected chi connectivity index (χ1v) is 13.1. The van der Waals surface area contributed by atoms with E-state index < -0.39 is 15.9 Å². The summed E-state index contributed by atoms with van der Waals surface area (Å²) in [5.74, 6) is 2.14. The van der Waals surface area contributed by atoms with Crippen molar-refractivity contribution >= 4 is 45.0 Å². The maximum absolute atomic E-state index is 13.3. The number of hydrogen-bond donors (Lipinski definition) is 1.